The number of halogens is 2. The van der Waals surface area contributed by atoms with Crippen molar-refractivity contribution in [3.63, 3.8) is 0 Å². The monoisotopic (exact) mass is 365 g/mol. The van der Waals surface area contributed by atoms with Gasteiger partial charge < -0.3 is 5.32 Å². The van der Waals surface area contributed by atoms with Crippen LogP contribution in [-0.4, -0.2) is 36.6 Å². The lowest BCUT2D eigenvalue weighted by atomic mass is 9.95. The molecule has 1 aromatic heterocycles. The standard InChI is InChI=1S/C19H24ClN3.ClH/c1-23(14-15-9-12-21-13-10-15)19(18-4-2-3-11-22-18)16-5-7-17(20)8-6-16;/h2-8,11,15,19,21H,9-10,12-14H2,1H3;1H. The molecule has 0 radical (unpaired) electrons. The normalized spacial score (nSPS) is 16.6. The zero-order valence-corrected chi connectivity index (χ0v) is 15.6. The molecule has 3 rings (SSSR count). The maximum absolute atomic E-state index is 6.06. The summed E-state index contributed by atoms with van der Waals surface area (Å²) >= 11 is 6.06. The molecule has 2 aromatic rings. The number of aromatic nitrogens is 1. The van der Waals surface area contributed by atoms with Gasteiger partial charge in [-0.3, -0.25) is 9.88 Å². The number of nitrogens with one attached hydrogen (secondary N) is 1. The summed E-state index contributed by atoms with van der Waals surface area (Å²) in [4.78, 5) is 7.04. The first-order valence-corrected chi connectivity index (χ1v) is 8.69. The third-order valence-corrected chi connectivity index (χ3v) is 4.85. The second kappa shape index (κ2) is 9.38. The maximum atomic E-state index is 6.06. The first kappa shape index (κ1) is 19.2. The van der Waals surface area contributed by atoms with Crippen molar-refractivity contribution in [3.05, 3.63) is 64.9 Å². The Morgan fingerprint density at radius 1 is 1.17 bits per heavy atom. The highest BCUT2D eigenvalue weighted by atomic mass is 35.5. The van der Waals surface area contributed by atoms with Crippen molar-refractivity contribution in [2.75, 3.05) is 26.7 Å². The molecule has 1 fully saturated rings. The molecule has 1 aliphatic heterocycles. The van der Waals surface area contributed by atoms with Crippen molar-refractivity contribution in [2.45, 2.75) is 18.9 Å². The van der Waals surface area contributed by atoms with Gasteiger partial charge in [-0.2, -0.15) is 0 Å². The lowest BCUT2D eigenvalue weighted by Crippen LogP contribution is -2.36. The summed E-state index contributed by atoms with van der Waals surface area (Å²) in [6.07, 6.45) is 4.37. The molecule has 1 aromatic carbocycles. The van der Waals surface area contributed by atoms with E-state index >= 15 is 0 Å². The molecule has 3 nitrogen and oxygen atoms in total. The number of piperidine rings is 1. The van der Waals surface area contributed by atoms with E-state index in [4.69, 9.17) is 11.6 Å². The molecule has 0 aliphatic carbocycles. The van der Waals surface area contributed by atoms with E-state index in [1.54, 1.807) is 0 Å². The summed E-state index contributed by atoms with van der Waals surface area (Å²) in [5, 5.41) is 4.21. The number of hydrogen-bond acceptors (Lipinski definition) is 3. The van der Waals surface area contributed by atoms with Crippen LogP contribution in [0.5, 0.6) is 0 Å². The number of hydrogen-bond donors (Lipinski definition) is 1. The van der Waals surface area contributed by atoms with Crippen LogP contribution in [0.3, 0.4) is 0 Å². The SMILES string of the molecule is CN(CC1CCNCC1)C(c1ccc(Cl)cc1)c1ccccn1.Cl. The Labute approximate surface area is 155 Å². The van der Waals surface area contributed by atoms with E-state index in [0.717, 1.165) is 36.3 Å². The number of pyridine rings is 1. The van der Waals surface area contributed by atoms with Gasteiger partial charge in [0.2, 0.25) is 0 Å². The van der Waals surface area contributed by atoms with Crippen molar-refractivity contribution >= 4 is 24.0 Å². The Kier molecular flexibility index (Phi) is 7.50. The summed E-state index contributed by atoms with van der Waals surface area (Å²) in [6, 6.07) is 14.5. The highest BCUT2D eigenvalue weighted by Crippen LogP contribution is 2.29. The quantitative estimate of drug-likeness (QED) is 0.861. The Morgan fingerprint density at radius 2 is 1.88 bits per heavy atom. The molecule has 0 saturated carbocycles. The van der Waals surface area contributed by atoms with E-state index in [-0.39, 0.29) is 18.4 Å². The average molecular weight is 366 g/mol. The molecule has 24 heavy (non-hydrogen) atoms. The number of rotatable bonds is 5. The van der Waals surface area contributed by atoms with Crippen molar-refractivity contribution in [1.29, 1.82) is 0 Å². The molecule has 130 valence electrons. The smallest absolute Gasteiger partial charge is 0.0774 e. The topological polar surface area (TPSA) is 28.2 Å². The Morgan fingerprint density at radius 3 is 2.50 bits per heavy atom. The fourth-order valence-corrected chi connectivity index (χ4v) is 3.54. The molecule has 1 N–H and O–H groups in total. The first-order chi connectivity index (χ1) is 11.2. The van der Waals surface area contributed by atoms with E-state index in [1.807, 2.05) is 24.4 Å². The average Bonchev–Trinajstić information content (AvgIpc) is 2.59. The zero-order valence-electron chi connectivity index (χ0n) is 14.0. The van der Waals surface area contributed by atoms with Gasteiger partial charge in [-0.15, -0.1) is 12.4 Å². The lowest BCUT2D eigenvalue weighted by Gasteiger charge is -2.33. The van der Waals surface area contributed by atoms with Gasteiger partial charge in [0.1, 0.15) is 0 Å². The molecule has 0 amide bonds. The minimum Gasteiger partial charge on any atom is -0.317 e. The summed E-state index contributed by atoms with van der Waals surface area (Å²) in [6.45, 7) is 3.35. The van der Waals surface area contributed by atoms with Gasteiger partial charge in [0.25, 0.3) is 0 Å². The molecule has 1 aliphatic rings. The summed E-state index contributed by atoms with van der Waals surface area (Å²) in [7, 11) is 2.20. The fourth-order valence-electron chi connectivity index (χ4n) is 3.41. The highest BCUT2D eigenvalue weighted by Gasteiger charge is 2.24. The van der Waals surface area contributed by atoms with Crippen LogP contribution in [0.25, 0.3) is 0 Å². The third-order valence-electron chi connectivity index (χ3n) is 4.60. The van der Waals surface area contributed by atoms with Crippen LogP contribution in [0.4, 0.5) is 0 Å². The third kappa shape index (κ3) is 4.93. The van der Waals surface area contributed by atoms with E-state index in [9.17, 15) is 0 Å². The predicted molar refractivity (Wildman–Crippen MR) is 103 cm³/mol. The lowest BCUT2D eigenvalue weighted by molar-refractivity contribution is 0.205. The summed E-state index contributed by atoms with van der Waals surface area (Å²) in [5.41, 5.74) is 2.33. The molecule has 1 saturated heterocycles. The highest BCUT2D eigenvalue weighted by molar-refractivity contribution is 6.30. The second-order valence-electron chi connectivity index (χ2n) is 6.34. The van der Waals surface area contributed by atoms with Gasteiger partial charge in [-0.25, -0.2) is 0 Å². The van der Waals surface area contributed by atoms with Crippen molar-refractivity contribution < 1.29 is 0 Å². The van der Waals surface area contributed by atoms with Crippen LogP contribution in [0.2, 0.25) is 5.02 Å². The van der Waals surface area contributed by atoms with Gasteiger partial charge in [-0.05, 0) is 68.7 Å². The minimum absolute atomic E-state index is 0. The van der Waals surface area contributed by atoms with Crippen LogP contribution in [0, 0.1) is 5.92 Å². The molecule has 1 unspecified atom stereocenters. The first-order valence-electron chi connectivity index (χ1n) is 8.31. The minimum atomic E-state index is 0. The van der Waals surface area contributed by atoms with Gasteiger partial charge >= 0.3 is 0 Å². The van der Waals surface area contributed by atoms with E-state index in [1.165, 1.54) is 18.4 Å². The van der Waals surface area contributed by atoms with Crippen LogP contribution >= 0.6 is 24.0 Å². The second-order valence-corrected chi connectivity index (χ2v) is 6.78. The fraction of sp³-hybridized carbons (Fsp3) is 0.421. The molecule has 0 spiro atoms. The Balaban J connectivity index is 0.00000208. The molecule has 5 heteroatoms. The van der Waals surface area contributed by atoms with Crippen LogP contribution < -0.4 is 5.32 Å². The number of nitrogens with zero attached hydrogens (tertiary/aromatic N) is 2. The van der Waals surface area contributed by atoms with Gasteiger partial charge in [-0.1, -0.05) is 29.8 Å². The van der Waals surface area contributed by atoms with Crippen molar-refractivity contribution in [1.82, 2.24) is 15.2 Å². The van der Waals surface area contributed by atoms with Crippen LogP contribution in [-0.2, 0) is 0 Å². The predicted octanol–water partition coefficient (Wildman–Crippen LogP) is 4.18. The van der Waals surface area contributed by atoms with E-state index in [0.29, 0.717) is 0 Å². The molecule has 2 heterocycles. The summed E-state index contributed by atoms with van der Waals surface area (Å²) < 4.78 is 0. The van der Waals surface area contributed by atoms with Gasteiger partial charge in [0, 0.05) is 17.8 Å². The van der Waals surface area contributed by atoms with Crippen molar-refractivity contribution in [3.8, 4) is 0 Å². The Hall–Kier alpha value is -1.13. The van der Waals surface area contributed by atoms with Gasteiger partial charge in [0.15, 0.2) is 0 Å². The maximum Gasteiger partial charge on any atom is 0.0774 e. The molecular formula is C19H25Cl2N3. The van der Waals surface area contributed by atoms with Gasteiger partial charge in [0.05, 0.1) is 11.7 Å². The van der Waals surface area contributed by atoms with E-state index in [2.05, 4.69) is 46.5 Å². The molecule has 0 bridgehead atoms. The largest absolute Gasteiger partial charge is 0.317 e. The van der Waals surface area contributed by atoms with Crippen LogP contribution in [0.15, 0.2) is 48.7 Å². The molecular weight excluding hydrogens is 341 g/mol. The Bertz CT molecular complexity index is 598. The number of benzene rings is 1. The van der Waals surface area contributed by atoms with E-state index < -0.39 is 0 Å². The van der Waals surface area contributed by atoms with Crippen LogP contribution in [0.1, 0.15) is 30.1 Å². The zero-order chi connectivity index (χ0) is 16.1. The molecule has 1 atom stereocenters. The van der Waals surface area contributed by atoms with Crippen molar-refractivity contribution in [2.24, 2.45) is 5.92 Å². The summed E-state index contributed by atoms with van der Waals surface area (Å²) in [5.74, 6) is 0.750.